The molecule has 1 saturated heterocycles. The molecule has 1 aromatic heterocycles. The third kappa shape index (κ3) is 1.59. The van der Waals surface area contributed by atoms with Gasteiger partial charge in [-0.2, -0.15) is 5.10 Å². The summed E-state index contributed by atoms with van der Waals surface area (Å²) < 4.78 is 1.90. The van der Waals surface area contributed by atoms with Gasteiger partial charge in [0.25, 0.3) is 0 Å². The maximum atomic E-state index is 12.1. The highest BCUT2D eigenvalue weighted by atomic mass is 16.2. The molecule has 1 fully saturated rings. The van der Waals surface area contributed by atoms with Crippen LogP contribution in [0.2, 0.25) is 0 Å². The van der Waals surface area contributed by atoms with Crippen molar-refractivity contribution in [2.45, 2.75) is 25.8 Å². The molecule has 2 aliphatic heterocycles. The van der Waals surface area contributed by atoms with Crippen molar-refractivity contribution in [3.8, 4) is 0 Å². The first kappa shape index (κ1) is 11.5. The van der Waals surface area contributed by atoms with E-state index in [0.717, 1.165) is 43.1 Å². The van der Waals surface area contributed by atoms with Gasteiger partial charge in [-0.1, -0.05) is 13.3 Å². The summed E-state index contributed by atoms with van der Waals surface area (Å²) in [5.74, 6) is 1.14. The highest BCUT2D eigenvalue weighted by Gasteiger charge is 2.38. The minimum atomic E-state index is -0.101. The number of fused-ring (bicyclic) bond motifs is 3. The number of anilines is 2. The summed E-state index contributed by atoms with van der Waals surface area (Å²) in [7, 11) is 1.95. The van der Waals surface area contributed by atoms with Crippen LogP contribution in [0.4, 0.5) is 11.5 Å². The Kier molecular flexibility index (Phi) is 2.74. The molecular formula is C12H19N5O. The molecule has 1 atom stereocenters. The molecule has 0 radical (unpaired) electrons. The van der Waals surface area contributed by atoms with Crippen LogP contribution < -0.4 is 15.5 Å². The Balaban J connectivity index is 2.05. The molecule has 0 spiro atoms. The average molecular weight is 249 g/mol. The molecule has 2 N–H and O–H groups in total. The molecule has 0 aromatic carbocycles. The van der Waals surface area contributed by atoms with E-state index in [9.17, 15) is 4.79 Å². The fourth-order valence-corrected chi connectivity index (χ4v) is 2.84. The molecule has 6 nitrogen and oxygen atoms in total. The number of nitrogens with zero attached hydrogens (tertiary/aromatic N) is 3. The van der Waals surface area contributed by atoms with Crippen LogP contribution in [0.1, 0.15) is 19.0 Å². The van der Waals surface area contributed by atoms with Crippen LogP contribution >= 0.6 is 0 Å². The van der Waals surface area contributed by atoms with Crippen molar-refractivity contribution in [3.63, 3.8) is 0 Å². The number of hydrogen-bond acceptors (Lipinski definition) is 4. The van der Waals surface area contributed by atoms with Gasteiger partial charge in [0, 0.05) is 26.7 Å². The summed E-state index contributed by atoms with van der Waals surface area (Å²) in [6.45, 7) is 4.60. The Morgan fingerprint density at radius 1 is 1.50 bits per heavy atom. The first-order valence-electron chi connectivity index (χ1n) is 6.56. The number of rotatable bonds is 2. The lowest BCUT2D eigenvalue weighted by Gasteiger charge is -2.40. The maximum absolute atomic E-state index is 12.1. The van der Waals surface area contributed by atoms with Gasteiger partial charge >= 0.3 is 0 Å². The van der Waals surface area contributed by atoms with E-state index >= 15 is 0 Å². The van der Waals surface area contributed by atoms with Crippen molar-refractivity contribution in [2.24, 2.45) is 7.05 Å². The molecule has 0 saturated carbocycles. The summed E-state index contributed by atoms with van der Waals surface area (Å²) >= 11 is 0. The summed E-state index contributed by atoms with van der Waals surface area (Å²) in [6.07, 6.45) is 1.94. The summed E-state index contributed by atoms with van der Waals surface area (Å²) in [5.41, 5.74) is 1.92. The predicted octanol–water partition coefficient (Wildman–Crippen LogP) is 0.103. The number of carbonyl (C=O) groups is 1. The standard InChI is InChI=1S/C12H19N5O/c1-3-4-8-10-12(16(2)15-8)17-6-5-13-7-9(17)11(18)14-10/h9,13H,3-7H2,1-2H3,(H,14,18). The monoisotopic (exact) mass is 249 g/mol. The predicted molar refractivity (Wildman–Crippen MR) is 69.8 cm³/mol. The molecular weight excluding hydrogens is 230 g/mol. The summed E-state index contributed by atoms with van der Waals surface area (Å²) in [5, 5.41) is 10.8. The van der Waals surface area contributed by atoms with Gasteiger partial charge in [-0.25, -0.2) is 0 Å². The van der Waals surface area contributed by atoms with Crippen LogP contribution in [-0.4, -0.2) is 41.4 Å². The Morgan fingerprint density at radius 2 is 2.33 bits per heavy atom. The second kappa shape index (κ2) is 4.28. The van der Waals surface area contributed by atoms with Crippen LogP contribution in [0.3, 0.4) is 0 Å². The third-order valence-electron chi connectivity index (χ3n) is 3.64. The number of nitrogens with one attached hydrogen (secondary N) is 2. The van der Waals surface area contributed by atoms with E-state index in [-0.39, 0.29) is 11.9 Å². The van der Waals surface area contributed by atoms with E-state index < -0.39 is 0 Å². The highest BCUT2D eigenvalue weighted by molar-refractivity contribution is 6.04. The average Bonchev–Trinajstić information content (AvgIpc) is 2.67. The molecule has 98 valence electrons. The molecule has 18 heavy (non-hydrogen) atoms. The normalized spacial score (nSPS) is 22.4. The van der Waals surface area contributed by atoms with Crippen molar-refractivity contribution in [1.82, 2.24) is 15.1 Å². The van der Waals surface area contributed by atoms with Gasteiger partial charge in [-0.3, -0.25) is 9.48 Å². The SMILES string of the molecule is CCCc1nn(C)c2c1NC(=O)C1CNCCN21. The second-order valence-electron chi connectivity index (χ2n) is 4.92. The number of amides is 1. The van der Waals surface area contributed by atoms with E-state index in [1.54, 1.807) is 0 Å². The molecule has 0 aliphatic carbocycles. The minimum absolute atomic E-state index is 0.0834. The lowest BCUT2D eigenvalue weighted by Crippen LogP contribution is -2.59. The molecule has 3 rings (SSSR count). The molecule has 1 aromatic rings. The topological polar surface area (TPSA) is 62.2 Å². The van der Waals surface area contributed by atoms with Gasteiger partial charge in [0.1, 0.15) is 11.7 Å². The van der Waals surface area contributed by atoms with Crippen LogP contribution in [0, 0.1) is 0 Å². The Hall–Kier alpha value is -1.56. The molecule has 2 aliphatic rings. The van der Waals surface area contributed by atoms with Gasteiger partial charge in [0.05, 0.1) is 5.69 Å². The Bertz CT molecular complexity index is 481. The molecule has 0 bridgehead atoms. The molecule has 1 unspecified atom stereocenters. The quantitative estimate of drug-likeness (QED) is 0.780. The number of aromatic nitrogens is 2. The zero-order valence-electron chi connectivity index (χ0n) is 10.9. The van der Waals surface area contributed by atoms with Crippen molar-refractivity contribution in [3.05, 3.63) is 5.69 Å². The number of hydrogen-bond donors (Lipinski definition) is 2. The van der Waals surface area contributed by atoms with Crippen LogP contribution in [0.25, 0.3) is 0 Å². The van der Waals surface area contributed by atoms with Crippen LogP contribution in [0.5, 0.6) is 0 Å². The first-order chi connectivity index (χ1) is 8.72. The fraction of sp³-hybridized carbons (Fsp3) is 0.667. The van der Waals surface area contributed by atoms with Gasteiger partial charge in [0.15, 0.2) is 5.82 Å². The van der Waals surface area contributed by atoms with Crippen molar-refractivity contribution in [2.75, 3.05) is 29.9 Å². The zero-order valence-corrected chi connectivity index (χ0v) is 10.9. The van der Waals surface area contributed by atoms with Gasteiger partial charge < -0.3 is 15.5 Å². The smallest absolute Gasteiger partial charge is 0.248 e. The highest BCUT2D eigenvalue weighted by Crippen LogP contribution is 2.35. The van der Waals surface area contributed by atoms with Crippen molar-refractivity contribution < 1.29 is 4.79 Å². The van der Waals surface area contributed by atoms with E-state index in [1.807, 2.05) is 11.7 Å². The fourth-order valence-electron chi connectivity index (χ4n) is 2.84. The summed E-state index contributed by atoms with van der Waals surface area (Å²) in [6, 6.07) is -0.101. The number of aryl methyl sites for hydroxylation is 2. The molecule has 1 amide bonds. The largest absolute Gasteiger partial charge is 0.340 e. The summed E-state index contributed by atoms with van der Waals surface area (Å²) in [4.78, 5) is 14.3. The third-order valence-corrected chi connectivity index (χ3v) is 3.64. The Morgan fingerprint density at radius 3 is 3.11 bits per heavy atom. The van der Waals surface area contributed by atoms with Crippen LogP contribution in [0.15, 0.2) is 0 Å². The molecule has 3 heterocycles. The van der Waals surface area contributed by atoms with E-state index in [1.165, 1.54) is 0 Å². The van der Waals surface area contributed by atoms with Crippen molar-refractivity contribution >= 4 is 17.4 Å². The zero-order chi connectivity index (χ0) is 12.7. The molecule has 6 heteroatoms. The maximum Gasteiger partial charge on any atom is 0.248 e. The Labute approximate surface area is 106 Å². The minimum Gasteiger partial charge on any atom is -0.340 e. The van der Waals surface area contributed by atoms with Gasteiger partial charge in [0.2, 0.25) is 5.91 Å². The van der Waals surface area contributed by atoms with Crippen LogP contribution in [-0.2, 0) is 18.3 Å². The van der Waals surface area contributed by atoms with E-state index in [4.69, 9.17) is 0 Å². The lowest BCUT2D eigenvalue weighted by molar-refractivity contribution is -0.117. The number of carbonyl (C=O) groups excluding carboxylic acids is 1. The first-order valence-corrected chi connectivity index (χ1v) is 6.56. The van der Waals surface area contributed by atoms with E-state index in [2.05, 4.69) is 27.6 Å². The number of piperazine rings is 1. The van der Waals surface area contributed by atoms with Gasteiger partial charge in [-0.05, 0) is 6.42 Å². The van der Waals surface area contributed by atoms with Crippen molar-refractivity contribution in [1.29, 1.82) is 0 Å². The van der Waals surface area contributed by atoms with Gasteiger partial charge in [-0.15, -0.1) is 0 Å². The second-order valence-corrected chi connectivity index (χ2v) is 4.92. The lowest BCUT2D eigenvalue weighted by atomic mass is 10.1. The van der Waals surface area contributed by atoms with E-state index in [0.29, 0.717) is 6.54 Å².